The molecule has 0 unspecified atom stereocenters. The fourth-order valence-electron chi connectivity index (χ4n) is 2.35. The molecule has 0 bridgehead atoms. The van der Waals surface area contributed by atoms with E-state index in [2.05, 4.69) is 10.1 Å². The summed E-state index contributed by atoms with van der Waals surface area (Å²) in [6, 6.07) is -1.80. The average Bonchev–Trinajstić information content (AvgIpc) is 2.81. The van der Waals surface area contributed by atoms with Crippen molar-refractivity contribution < 1.29 is 26.7 Å². The maximum absolute atomic E-state index is 12.7. The van der Waals surface area contributed by atoms with E-state index in [0.29, 0.717) is 4.68 Å². The van der Waals surface area contributed by atoms with Crippen molar-refractivity contribution >= 4 is 5.91 Å². The number of fused-ring (bicyclic) bond motifs is 1. The third kappa shape index (κ3) is 2.02. The second-order valence-electron chi connectivity index (χ2n) is 4.91. The Bertz CT molecular complexity index is 558. The van der Waals surface area contributed by atoms with Gasteiger partial charge in [-0.15, -0.1) is 5.10 Å². The van der Waals surface area contributed by atoms with Gasteiger partial charge in [0, 0.05) is 6.42 Å². The van der Waals surface area contributed by atoms with Gasteiger partial charge in [0.2, 0.25) is 5.82 Å². The molecule has 1 fully saturated rings. The molecule has 110 valence electrons. The highest BCUT2D eigenvalue weighted by molar-refractivity contribution is 5.91. The number of amides is 1. The molecule has 2 aliphatic heterocycles. The number of aryl methyl sites for hydroxylation is 1. The van der Waals surface area contributed by atoms with Gasteiger partial charge in [0.05, 0.1) is 13.1 Å². The normalized spacial score (nSPS) is 24.4. The summed E-state index contributed by atoms with van der Waals surface area (Å²) in [7, 11) is 0. The van der Waals surface area contributed by atoms with Crippen molar-refractivity contribution in [3.05, 3.63) is 11.6 Å². The fourth-order valence-corrected chi connectivity index (χ4v) is 2.35. The summed E-state index contributed by atoms with van der Waals surface area (Å²) < 4.78 is 64.1. The van der Waals surface area contributed by atoms with Gasteiger partial charge >= 0.3 is 6.18 Å². The number of halogens is 5. The van der Waals surface area contributed by atoms with Gasteiger partial charge in [-0.1, -0.05) is 0 Å². The molecular weight excluding hydrogens is 287 g/mol. The van der Waals surface area contributed by atoms with Crippen molar-refractivity contribution in [2.24, 2.45) is 0 Å². The standard InChI is InChI=1S/C10H9F5N4O/c11-9(12)3-18(4-9)8(20)7-16-6-2-1-5(10(13,14)15)19(6)17-7/h5H,1-4H2/t5-/m0/s1. The molecule has 0 N–H and O–H groups in total. The lowest BCUT2D eigenvalue weighted by atomic mass is 10.1. The van der Waals surface area contributed by atoms with Crippen LogP contribution in [-0.2, 0) is 6.42 Å². The molecule has 1 aromatic rings. The van der Waals surface area contributed by atoms with Crippen LogP contribution in [0.5, 0.6) is 0 Å². The average molecular weight is 296 g/mol. The number of carbonyl (C=O) groups excluding carboxylic acids is 1. The highest BCUT2D eigenvalue weighted by Crippen LogP contribution is 2.38. The molecule has 10 heteroatoms. The summed E-state index contributed by atoms with van der Waals surface area (Å²) in [6.07, 6.45) is -4.58. The minimum absolute atomic E-state index is 0.0562. The Morgan fingerprint density at radius 2 is 1.95 bits per heavy atom. The predicted molar refractivity (Wildman–Crippen MR) is 54.3 cm³/mol. The van der Waals surface area contributed by atoms with Crippen LogP contribution in [-0.4, -0.2) is 50.8 Å². The first-order valence-electron chi connectivity index (χ1n) is 5.87. The molecule has 0 spiro atoms. The van der Waals surface area contributed by atoms with Crippen molar-refractivity contribution in [1.82, 2.24) is 19.7 Å². The molecule has 0 aromatic carbocycles. The molecule has 1 amide bonds. The van der Waals surface area contributed by atoms with Crippen molar-refractivity contribution in [2.75, 3.05) is 13.1 Å². The molecule has 0 saturated carbocycles. The van der Waals surface area contributed by atoms with Gasteiger partial charge < -0.3 is 4.90 Å². The van der Waals surface area contributed by atoms with Crippen LogP contribution in [0, 0.1) is 0 Å². The quantitative estimate of drug-likeness (QED) is 0.736. The van der Waals surface area contributed by atoms with Gasteiger partial charge in [0.1, 0.15) is 11.9 Å². The number of alkyl halides is 5. The fraction of sp³-hybridized carbons (Fsp3) is 0.700. The maximum Gasteiger partial charge on any atom is 0.410 e. The lowest BCUT2D eigenvalue weighted by molar-refractivity contribution is -0.168. The van der Waals surface area contributed by atoms with E-state index in [9.17, 15) is 26.7 Å². The third-order valence-corrected chi connectivity index (χ3v) is 3.34. The number of aromatic nitrogens is 3. The van der Waals surface area contributed by atoms with Gasteiger partial charge in [-0.25, -0.2) is 18.4 Å². The molecule has 1 aromatic heterocycles. The summed E-state index contributed by atoms with van der Waals surface area (Å²) in [5.74, 6) is -4.20. The molecule has 2 aliphatic rings. The van der Waals surface area contributed by atoms with E-state index in [1.807, 2.05) is 0 Å². The molecule has 3 heterocycles. The van der Waals surface area contributed by atoms with Crippen LogP contribution < -0.4 is 0 Å². The monoisotopic (exact) mass is 296 g/mol. The predicted octanol–water partition coefficient (Wildman–Crippen LogP) is 1.42. The van der Waals surface area contributed by atoms with E-state index in [-0.39, 0.29) is 18.7 Å². The van der Waals surface area contributed by atoms with E-state index >= 15 is 0 Å². The number of hydrogen-bond acceptors (Lipinski definition) is 3. The van der Waals surface area contributed by atoms with Crippen LogP contribution in [0.3, 0.4) is 0 Å². The second-order valence-corrected chi connectivity index (χ2v) is 4.91. The van der Waals surface area contributed by atoms with Crippen molar-refractivity contribution in [3.8, 4) is 0 Å². The van der Waals surface area contributed by atoms with Crippen LogP contribution in [0.4, 0.5) is 22.0 Å². The smallest absolute Gasteiger partial charge is 0.324 e. The molecule has 0 aliphatic carbocycles. The van der Waals surface area contributed by atoms with Crippen molar-refractivity contribution in [2.45, 2.75) is 31.0 Å². The topological polar surface area (TPSA) is 51.0 Å². The molecular formula is C10H9F5N4O. The van der Waals surface area contributed by atoms with E-state index in [0.717, 1.165) is 4.90 Å². The van der Waals surface area contributed by atoms with Gasteiger partial charge in [-0.3, -0.25) is 4.79 Å². The zero-order valence-electron chi connectivity index (χ0n) is 9.99. The first-order valence-corrected chi connectivity index (χ1v) is 5.87. The van der Waals surface area contributed by atoms with Crippen LogP contribution in [0.15, 0.2) is 0 Å². The Balaban J connectivity index is 1.80. The summed E-state index contributed by atoms with van der Waals surface area (Å²) in [6.45, 7) is -1.50. The lowest BCUT2D eigenvalue weighted by Gasteiger charge is -2.37. The Morgan fingerprint density at radius 1 is 1.30 bits per heavy atom. The molecule has 1 saturated heterocycles. The molecule has 1 atom stereocenters. The molecule has 3 rings (SSSR count). The van der Waals surface area contributed by atoms with Crippen LogP contribution >= 0.6 is 0 Å². The minimum Gasteiger partial charge on any atom is -0.324 e. The minimum atomic E-state index is -4.47. The van der Waals surface area contributed by atoms with Crippen LogP contribution in [0.1, 0.15) is 28.9 Å². The summed E-state index contributed by atoms with van der Waals surface area (Å²) in [5.41, 5.74) is 0. The van der Waals surface area contributed by atoms with Gasteiger partial charge in [0.15, 0.2) is 0 Å². The number of nitrogens with zero attached hydrogens (tertiary/aromatic N) is 4. The highest BCUT2D eigenvalue weighted by Gasteiger charge is 2.49. The first-order chi connectivity index (χ1) is 9.17. The van der Waals surface area contributed by atoms with E-state index in [1.165, 1.54) is 0 Å². The lowest BCUT2D eigenvalue weighted by Crippen LogP contribution is -2.58. The second kappa shape index (κ2) is 3.89. The number of likely N-dealkylation sites (tertiary alicyclic amines) is 1. The SMILES string of the molecule is O=C(c1nc2n(n1)[C@H](C(F)(F)F)CC2)N1CC(F)(F)C1. The number of hydrogen-bond donors (Lipinski definition) is 0. The van der Waals surface area contributed by atoms with Gasteiger partial charge in [-0.05, 0) is 6.42 Å². The van der Waals surface area contributed by atoms with Crippen molar-refractivity contribution in [3.63, 3.8) is 0 Å². The van der Waals surface area contributed by atoms with Crippen LogP contribution in [0.2, 0.25) is 0 Å². The van der Waals surface area contributed by atoms with E-state index in [4.69, 9.17) is 0 Å². The van der Waals surface area contributed by atoms with E-state index < -0.39 is 43.0 Å². The number of carbonyl (C=O) groups is 1. The Hall–Kier alpha value is -1.74. The summed E-state index contributed by atoms with van der Waals surface area (Å²) in [4.78, 5) is 16.3. The zero-order chi connectivity index (χ0) is 14.7. The van der Waals surface area contributed by atoms with Gasteiger partial charge in [-0.2, -0.15) is 13.2 Å². The van der Waals surface area contributed by atoms with E-state index in [1.54, 1.807) is 0 Å². The molecule has 20 heavy (non-hydrogen) atoms. The summed E-state index contributed by atoms with van der Waals surface area (Å²) in [5, 5.41) is 3.54. The largest absolute Gasteiger partial charge is 0.410 e. The Kier molecular flexibility index (Phi) is 2.58. The molecule has 5 nitrogen and oxygen atoms in total. The van der Waals surface area contributed by atoms with Crippen molar-refractivity contribution in [1.29, 1.82) is 0 Å². The summed E-state index contributed by atoms with van der Waals surface area (Å²) >= 11 is 0. The molecule has 0 radical (unpaired) electrons. The third-order valence-electron chi connectivity index (χ3n) is 3.34. The van der Waals surface area contributed by atoms with Crippen LogP contribution in [0.25, 0.3) is 0 Å². The van der Waals surface area contributed by atoms with Gasteiger partial charge in [0.25, 0.3) is 11.8 Å². The Labute approximate surface area is 109 Å². The Morgan fingerprint density at radius 3 is 2.50 bits per heavy atom. The first kappa shape index (κ1) is 13.3. The number of rotatable bonds is 1. The maximum atomic E-state index is 12.7. The zero-order valence-corrected chi connectivity index (χ0v) is 9.99. The highest BCUT2D eigenvalue weighted by atomic mass is 19.4.